The van der Waals surface area contributed by atoms with Crippen molar-refractivity contribution >= 4 is 35.1 Å². The van der Waals surface area contributed by atoms with Gasteiger partial charge in [0.2, 0.25) is 0 Å². The van der Waals surface area contributed by atoms with Gasteiger partial charge in [0, 0.05) is 17.1 Å². The summed E-state index contributed by atoms with van der Waals surface area (Å²) in [5.41, 5.74) is 4.51. The number of halogens is 1. The quantitative estimate of drug-likeness (QED) is 0.437. The number of thiocarbonyl (C=S) groups is 1. The van der Waals surface area contributed by atoms with Crippen LogP contribution in [0.1, 0.15) is 18.1 Å². The molecule has 0 aliphatic heterocycles. The Kier molecular flexibility index (Phi) is 7.50. The van der Waals surface area contributed by atoms with Gasteiger partial charge in [-0.15, -0.1) is 0 Å². The van der Waals surface area contributed by atoms with Crippen LogP contribution in [-0.4, -0.2) is 25.0 Å². The first-order chi connectivity index (χ1) is 12.1. The molecular formula is C18H20ClN3O2S. The molecule has 7 heteroatoms. The van der Waals surface area contributed by atoms with Gasteiger partial charge in [0.05, 0.1) is 13.3 Å². The molecule has 0 aliphatic rings. The molecule has 132 valence electrons. The number of nitrogens with one attached hydrogen (secondary N) is 2. The lowest BCUT2D eigenvalue weighted by Gasteiger charge is -2.12. The summed E-state index contributed by atoms with van der Waals surface area (Å²) in [6, 6.07) is 13.1. The molecule has 0 radical (unpaired) electrons. The average molecular weight is 378 g/mol. The van der Waals surface area contributed by atoms with Gasteiger partial charge in [-0.25, -0.2) is 0 Å². The number of hydrogen-bond acceptors (Lipinski definition) is 4. The highest BCUT2D eigenvalue weighted by Crippen LogP contribution is 2.29. The summed E-state index contributed by atoms with van der Waals surface area (Å²) >= 11 is 11.2. The van der Waals surface area contributed by atoms with E-state index in [1.54, 1.807) is 13.3 Å². The molecule has 2 rings (SSSR count). The van der Waals surface area contributed by atoms with Crippen LogP contribution in [0, 0.1) is 0 Å². The maximum atomic E-state index is 6.14. The van der Waals surface area contributed by atoms with Gasteiger partial charge in [0.1, 0.15) is 6.61 Å². The second kappa shape index (κ2) is 9.86. The summed E-state index contributed by atoms with van der Waals surface area (Å²) < 4.78 is 11.2. The predicted octanol–water partition coefficient (Wildman–Crippen LogP) is 3.75. The second-order valence-corrected chi connectivity index (χ2v) is 5.84. The van der Waals surface area contributed by atoms with E-state index in [1.807, 2.05) is 49.4 Å². The molecular weight excluding hydrogens is 358 g/mol. The van der Waals surface area contributed by atoms with Crippen molar-refractivity contribution in [3.63, 3.8) is 0 Å². The fourth-order valence-corrected chi connectivity index (χ4v) is 2.41. The van der Waals surface area contributed by atoms with Gasteiger partial charge in [-0.1, -0.05) is 29.8 Å². The molecule has 0 bridgehead atoms. The first kappa shape index (κ1) is 19.0. The van der Waals surface area contributed by atoms with Crippen LogP contribution in [-0.2, 0) is 6.61 Å². The van der Waals surface area contributed by atoms with E-state index in [1.165, 1.54) is 0 Å². The SMILES string of the molecule is CCNC(=S)N/N=C/c1ccc(OCc2ccccc2Cl)c(OC)c1. The van der Waals surface area contributed by atoms with Gasteiger partial charge >= 0.3 is 0 Å². The van der Waals surface area contributed by atoms with E-state index in [4.69, 9.17) is 33.3 Å². The van der Waals surface area contributed by atoms with Crippen molar-refractivity contribution in [3.05, 3.63) is 58.6 Å². The fourth-order valence-electron chi connectivity index (χ4n) is 2.02. The van der Waals surface area contributed by atoms with E-state index in [2.05, 4.69) is 15.8 Å². The lowest BCUT2D eigenvalue weighted by Crippen LogP contribution is -2.31. The Balaban J connectivity index is 2.02. The largest absolute Gasteiger partial charge is 0.493 e. The van der Waals surface area contributed by atoms with Gasteiger partial charge in [-0.2, -0.15) is 5.10 Å². The van der Waals surface area contributed by atoms with Crippen LogP contribution < -0.4 is 20.2 Å². The van der Waals surface area contributed by atoms with Crippen LogP contribution in [0.25, 0.3) is 0 Å². The van der Waals surface area contributed by atoms with Crippen molar-refractivity contribution in [2.45, 2.75) is 13.5 Å². The summed E-state index contributed by atoms with van der Waals surface area (Å²) in [5.74, 6) is 1.25. The average Bonchev–Trinajstić information content (AvgIpc) is 2.62. The maximum Gasteiger partial charge on any atom is 0.186 e. The summed E-state index contributed by atoms with van der Waals surface area (Å²) in [6.45, 7) is 3.07. The van der Waals surface area contributed by atoms with Gasteiger partial charge in [-0.3, -0.25) is 5.43 Å². The Bertz CT molecular complexity index is 753. The molecule has 2 N–H and O–H groups in total. The Labute approximate surface area is 158 Å². The lowest BCUT2D eigenvalue weighted by molar-refractivity contribution is 0.284. The molecule has 0 aliphatic carbocycles. The Hall–Kier alpha value is -2.31. The van der Waals surface area contributed by atoms with Crippen LogP contribution in [0.4, 0.5) is 0 Å². The third kappa shape index (κ3) is 5.92. The van der Waals surface area contributed by atoms with E-state index in [9.17, 15) is 0 Å². The standard InChI is InChI=1S/C18H20ClN3O2S/c1-3-20-18(25)22-21-11-13-8-9-16(17(10-13)23-2)24-12-14-6-4-5-7-15(14)19/h4-11H,3,12H2,1-2H3,(H2,20,22,25)/b21-11+. The molecule has 25 heavy (non-hydrogen) atoms. The van der Waals surface area contributed by atoms with E-state index in [0.717, 1.165) is 17.7 Å². The molecule has 0 atom stereocenters. The zero-order valence-corrected chi connectivity index (χ0v) is 15.7. The minimum absolute atomic E-state index is 0.363. The highest BCUT2D eigenvalue weighted by molar-refractivity contribution is 7.80. The number of nitrogens with zero attached hydrogens (tertiary/aromatic N) is 1. The van der Waals surface area contributed by atoms with Crippen molar-refractivity contribution in [2.75, 3.05) is 13.7 Å². The van der Waals surface area contributed by atoms with Gasteiger partial charge in [0.15, 0.2) is 16.6 Å². The third-order valence-corrected chi connectivity index (χ3v) is 3.85. The molecule has 0 saturated heterocycles. The first-order valence-electron chi connectivity index (χ1n) is 7.75. The van der Waals surface area contributed by atoms with Gasteiger partial charge < -0.3 is 14.8 Å². The number of rotatable bonds is 7. The normalized spacial score (nSPS) is 10.5. The monoisotopic (exact) mass is 377 g/mol. The van der Waals surface area contributed by atoms with Crippen LogP contribution in [0.2, 0.25) is 5.02 Å². The van der Waals surface area contributed by atoms with Gasteiger partial charge in [0.25, 0.3) is 0 Å². The Morgan fingerprint density at radius 3 is 2.76 bits per heavy atom. The number of hydrogen-bond donors (Lipinski definition) is 2. The summed E-state index contributed by atoms with van der Waals surface area (Å²) in [4.78, 5) is 0. The van der Waals surface area contributed by atoms with Crippen LogP contribution in [0.15, 0.2) is 47.6 Å². The van der Waals surface area contributed by atoms with Crippen LogP contribution in [0.5, 0.6) is 11.5 Å². The number of methoxy groups -OCH3 is 1. The molecule has 0 unspecified atom stereocenters. The zero-order valence-electron chi connectivity index (χ0n) is 14.1. The first-order valence-corrected chi connectivity index (χ1v) is 8.53. The van der Waals surface area contributed by atoms with Crippen molar-refractivity contribution in [1.29, 1.82) is 0 Å². The number of hydrazone groups is 1. The van der Waals surface area contributed by atoms with E-state index in [0.29, 0.717) is 28.2 Å². The Morgan fingerprint density at radius 1 is 1.24 bits per heavy atom. The van der Waals surface area contributed by atoms with E-state index >= 15 is 0 Å². The molecule has 2 aromatic rings. The van der Waals surface area contributed by atoms with Crippen LogP contribution in [0.3, 0.4) is 0 Å². The highest BCUT2D eigenvalue weighted by Gasteiger charge is 2.07. The van der Waals surface area contributed by atoms with Gasteiger partial charge in [-0.05, 0) is 49.0 Å². The predicted molar refractivity (Wildman–Crippen MR) is 106 cm³/mol. The molecule has 0 aromatic heterocycles. The van der Waals surface area contributed by atoms with E-state index < -0.39 is 0 Å². The topological polar surface area (TPSA) is 54.9 Å². The number of ether oxygens (including phenoxy) is 2. The summed E-state index contributed by atoms with van der Waals surface area (Å²) in [6.07, 6.45) is 1.66. The molecule has 0 fully saturated rings. The van der Waals surface area contributed by atoms with E-state index in [-0.39, 0.29) is 0 Å². The molecule has 0 saturated carbocycles. The second-order valence-electron chi connectivity index (χ2n) is 5.02. The molecule has 0 spiro atoms. The zero-order chi connectivity index (χ0) is 18.1. The molecule has 0 heterocycles. The molecule has 0 amide bonds. The number of benzene rings is 2. The maximum absolute atomic E-state index is 6.14. The summed E-state index contributed by atoms with van der Waals surface area (Å²) in [5, 5.41) is 8.18. The third-order valence-electron chi connectivity index (χ3n) is 3.25. The summed E-state index contributed by atoms with van der Waals surface area (Å²) in [7, 11) is 1.59. The fraction of sp³-hybridized carbons (Fsp3) is 0.222. The molecule has 2 aromatic carbocycles. The highest BCUT2D eigenvalue weighted by atomic mass is 35.5. The minimum atomic E-state index is 0.363. The van der Waals surface area contributed by atoms with Crippen LogP contribution >= 0.6 is 23.8 Å². The smallest absolute Gasteiger partial charge is 0.186 e. The van der Waals surface area contributed by atoms with Crippen molar-refractivity contribution < 1.29 is 9.47 Å². The van der Waals surface area contributed by atoms with Crippen molar-refractivity contribution in [2.24, 2.45) is 5.10 Å². The molecule has 5 nitrogen and oxygen atoms in total. The van der Waals surface area contributed by atoms with Crippen molar-refractivity contribution in [3.8, 4) is 11.5 Å². The minimum Gasteiger partial charge on any atom is -0.493 e. The lowest BCUT2D eigenvalue weighted by atomic mass is 10.2. The van der Waals surface area contributed by atoms with Crippen molar-refractivity contribution in [1.82, 2.24) is 10.7 Å². The Morgan fingerprint density at radius 2 is 2.04 bits per heavy atom.